The van der Waals surface area contributed by atoms with E-state index in [0.29, 0.717) is 12.1 Å². The van der Waals surface area contributed by atoms with Crippen molar-refractivity contribution in [2.45, 2.75) is 25.8 Å². The van der Waals surface area contributed by atoms with Crippen molar-refractivity contribution >= 4 is 34.1 Å². The van der Waals surface area contributed by atoms with Gasteiger partial charge in [0.15, 0.2) is 0 Å². The van der Waals surface area contributed by atoms with Gasteiger partial charge in [-0.05, 0) is 49.1 Å². The number of anilines is 2. The molecule has 0 aliphatic carbocycles. The van der Waals surface area contributed by atoms with E-state index in [1.165, 1.54) is 6.42 Å². The first-order valence-electron chi connectivity index (χ1n) is 10.5. The van der Waals surface area contributed by atoms with Crippen molar-refractivity contribution in [3.8, 4) is 0 Å². The molecule has 1 N–H and O–H groups in total. The van der Waals surface area contributed by atoms with Gasteiger partial charge in [0.25, 0.3) is 5.91 Å². The second-order valence-corrected chi connectivity index (χ2v) is 8.11. The summed E-state index contributed by atoms with van der Waals surface area (Å²) in [5, 5.41) is 8.71. The number of nitrogens with zero attached hydrogens (tertiary/aromatic N) is 4. The highest BCUT2D eigenvalue weighted by Crippen LogP contribution is 2.32. The van der Waals surface area contributed by atoms with Crippen LogP contribution < -0.4 is 5.32 Å². The Morgan fingerprint density at radius 2 is 1.97 bits per heavy atom. The molecule has 0 atom stereocenters. The summed E-state index contributed by atoms with van der Waals surface area (Å²) in [6, 6.07) is 11.9. The predicted molar refractivity (Wildman–Crippen MR) is 116 cm³/mol. The maximum atomic E-state index is 13.1. The first-order chi connectivity index (χ1) is 14.6. The minimum atomic E-state index is -0.0825. The standard InChI is InChI=1S/C23H25N5O2/c1-26-20-9-8-18(12-17(20)13-24-26)25-19-7-5-6-16-14-28(23(30)22(16)19)15-21(29)27-10-3-2-4-11-27/h5-9,12-13,25H,2-4,10-11,14-15H2,1H3. The highest BCUT2D eigenvalue weighted by molar-refractivity contribution is 6.05. The van der Waals surface area contributed by atoms with E-state index in [0.717, 1.165) is 53.8 Å². The minimum absolute atomic E-state index is 0.0485. The molecule has 154 valence electrons. The topological polar surface area (TPSA) is 70.5 Å². The van der Waals surface area contributed by atoms with Crippen molar-refractivity contribution in [1.82, 2.24) is 19.6 Å². The van der Waals surface area contributed by atoms with Crippen LogP contribution in [0.4, 0.5) is 11.4 Å². The average Bonchev–Trinajstić information content (AvgIpc) is 3.29. The van der Waals surface area contributed by atoms with E-state index >= 15 is 0 Å². The normalized spacial score (nSPS) is 16.2. The number of carbonyl (C=O) groups is 2. The van der Waals surface area contributed by atoms with Crippen LogP contribution in [0, 0.1) is 0 Å². The van der Waals surface area contributed by atoms with Gasteiger partial charge in [0.1, 0.15) is 6.54 Å². The molecular formula is C23H25N5O2. The second-order valence-electron chi connectivity index (χ2n) is 8.11. The van der Waals surface area contributed by atoms with Crippen LogP contribution in [0.1, 0.15) is 35.2 Å². The highest BCUT2D eigenvalue weighted by Gasteiger charge is 2.32. The maximum Gasteiger partial charge on any atom is 0.257 e. The third kappa shape index (κ3) is 3.30. The minimum Gasteiger partial charge on any atom is -0.355 e. The lowest BCUT2D eigenvalue weighted by atomic mass is 10.1. The van der Waals surface area contributed by atoms with Gasteiger partial charge in [0.2, 0.25) is 5.91 Å². The number of hydrogen-bond donors (Lipinski definition) is 1. The molecule has 2 aromatic carbocycles. The van der Waals surface area contributed by atoms with Gasteiger partial charge in [0, 0.05) is 37.8 Å². The van der Waals surface area contributed by atoms with Gasteiger partial charge >= 0.3 is 0 Å². The van der Waals surface area contributed by atoms with E-state index in [4.69, 9.17) is 0 Å². The number of hydrogen-bond acceptors (Lipinski definition) is 4. The summed E-state index contributed by atoms with van der Waals surface area (Å²) in [6.07, 6.45) is 5.11. The van der Waals surface area contributed by atoms with E-state index in [1.54, 1.807) is 4.90 Å². The van der Waals surface area contributed by atoms with E-state index in [1.807, 2.05) is 59.2 Å². The Hall–Kier alpha value is -3.35. The molecule has 1 saturated heterocycles. The third-order valence-corrected chi connectivity index (χ3v) is 6.07. The molecule has 30 heavy (non-hydrogen) atoms. The van der Waals surface area contributed by atoms with Crippen molar-refractivity contribution in [2.24, 2.45) is 7.05 Å². The van der Waals surface area contributed by atoms with Crippen LogP contribution in [0.15, 0.2) is 42.6 Å². The second kappa shape index (κ2) is 7.48. The van der Waals surface area contributed by atoms with Crippen LogP contribution in [0.2, 0.25) is 0 Å². The van der Waals surface area contributed by atoms with E-state index in [9.17, 15) is 9.59 Å². The molecular weight excluding hydrogens is 378 g/mol. The van der Waals surface area contributed by atoms with Crippen LogP contribution in [-0.2, 0) is 18.4 Å². The zero-order chi connectivity index (χ0) is 20.7. The molecule has 0 unspecified atom stereocenters. The molecule has 5 rings (SSSR count). The molecule has 0 radical (unpaired) electrons. The summed E-state index contributed by atoms with van der Waals surface area (Å²) >= 11 is 0. The summed E-state index contributed by atoms with van der Waals surface area (Å²) in [7, 11) is 1.91. The lowest BCUT2D eigenvalue weighted by molar-refractivity contribution is -0.132. The number of carbonyl (C=O) groups excluding carboxylic acids is 2. The number of piperidine rings is 1. The highest BCUT2D eigenvalue weighted by atomic mass is 16.2. The van der Waals surface area contributed by atoms with E-state index in [2.05, 4.69) is 10.4 Å². The van der Waals surface area contributed by atoms with Crippen molar-refractivity contribution in [3.63, 3.8) is 0 Å². The molecule has 7 heteroatoms. The summed E-state index contributed by atoms with van der Waals surface area (Å²) in [4.78, 5) is 29.4. The fourth-order valence-electron chi connectivity index (χ4n) is 4.46. The number of benzene rings is 2. The van der Waals surface area contributed by atoms with Gasteiger partial charge < -0.3 is 15.1 Å². The van der Waals surface area contributed by atoms with Crippen molar-refractivity contribution in [1.29, 1.82) is 0 Å². The van der Waals surface area contributed by atoms with Gasteiger partial charge in [-0.25, -0.2) is 0 Å². The predicted octanol–water partition coefficient (Wildman–Crippen LogP) is 3.29. The number of fused-ring (bicyclic) bond motifs is 2. The Bertz CT molecular complexity index is 1130. The van der Waals surface area contributed by atoms with Crippen molar-refractivity contribution in [2.75, 3.05) is 25.0 Å². The van der Waals surface area contributed by atoms with Gasteiger partial charge in [0.05, 0.1) is 23.0 Å². The van der Waals surface area contributed by atoms with Crippen LogP contribution in [-0.4, -0.2) is 51.0 Å². The smallest absolute Gasteiger partial charge is 0.257 e. The Kier molecular flexibility index (Phi) is 4.65. The molecule has 1 fully saturated rings. The van der Waals surface area contributed by atoms with E-state index in [-0.39, 0.29) is 18.4 Å². The summed E-state index contributed by atoms with van der Waals surface area (Å²) in [5.41, 5.74) is 4.35. The number of nitrogens with one attached hydrogen (secondary N) is 1. The molecule has 2 aliphatic rings. The number of aryl methyl sites for hydroxylation is 1. The average molecular weight is 403 g/mol. The third-order valence-electron chi connectivity index (χ3n) is 6.07. The fraction of sp³-hybridized carbons (Fsp3) is 0.348. The number of rotatable bonds is 4. The molecule has 2 amide bonds. The Balaban J connectivity index is 1.36. The Morgan fingerprint density at radius 3 is 2.80 bits per heavy atom. The first-order valence-corrected chi connectivity index (χ1v) is 10.5. The van der Waals surface area contributed by atoms with Gasteiger partial charge in [-0.2, -0.15) is 5.10 Å². The van der Waals surface area contributed by atoms with Gasteiger partial charge in [-0.1, -0.05) is 12.1 Å². The molecule has 2 aliphatic heterocycles. The van der Waals surface area contributed by atoms with Crippen molar-refractivity contribution < 1.29 is 9.59 Å². The van der Waals surface area contributed by atoms with E-state index < -0.39 is 0 Å². The zero-order valence-corrected chi connectivity index (χ0v) is 17.1. The summed E-state index contributed by atoms with van der Waals surface area (Å²) in [6.45, 7) is 2.23. The first kappa shape index (κ1) is 18.7. The molecule has 0 bridgehead atoms. The lowest BCUT2D eigenvalue weighted by Gasteiger charge is -2.28. The number of likely N-dealkylation sites (tertiary alicyclic amines) is 1. The Morgan fingerprint density at radius 1 is 1.13 bits per heavy atom. The SMILES string of the molecule is Cn1ncc2cc(Nc3cccc4c3C(=O)N(CC(=O)N3CCCCC3)C4)ccc21. The lowest BCUT2D eigenvalue weighted by Crippen LogP contribution is -2.42. The van der Waals surface area contributed by atoms with Crippen LogP contribution >= 0.6 is 0 Å². The molecule has 3 heterocycles. The molecule has 0 spiro atoms. The number of amides is 2. The molecule has 1 aromatic heterocycles. The Labute approximate surface area is 175 Å². The van der Waals surface area contributed by atoms with Crippen molar-refractivity contribution in [3.05, 3.63) is 53.7 Å². The summed E-state index contributed by atoms with van der Waals surface area (Å²) in [5.74, 6) is -0.0340. The maximum absolute atomic E-state index is 13.1. The quantitative estimate of drug-likeness (QED) is 0.726. The zero-order valence-electron chi connectivity index (χ0n) is 17.1. The molecule has 0 saturated carbocycles. The fourth-order valence-corrected chi connectivity index (χ4v) is 4.46. The number of aromatic nitrogens is 2. The monoisotopic (exact) mass is 403 g/mol. The van der Waals surface area contributed by atoms with Crippen LogP contribution in [0.5, 0.6) is 0 Å². The van der Waals surface area contributed by atoms with Gasteiger partial charge in [-0.15, -0.1) is 0 Å². The van der Waals surface area contributed by atoms with Crippen LogP contribution in [0.25, 0.3) is 10.9 Å². The largest absolute Gasteiger partial charge is 0.355 e. The van der Waals surface area contributed by atoms with Gasteiger partial charge in [-0.3, -0.25) is 14.3 Å². The molecule has 3 aromatic rings. The molecule has 7 nitrogen and oxygen atoms in total. The summed E-state index contributed by atoms with van der Waals surface area (Å²) < 4.78 is 1.83. The van der Waals surface area contributed by atoms with Crippen LogP contribution in [0.3, 0.4) is 0 Å².